The molecule has 1 amide bonds. The Labute approximate surface area is 131 Å². The van der Waals surface area contributed by atoms with Gasteiger partial charge in [0.2, 0.25) is 5.91 Å². The Morgan fingerprint density at radius 1 is 1.45 bits per heavy atom. The third-order valence-corrected chi connectivity index (χ3v) is 4.84. The van der Waals surface area contributed by atoms with E-state index < -0.39 is 0 Å². The standard InChI is InChI=1S/C16H26N4O2/c1-3-20-11-14(10-18-20)13-4-7-19(8-5-13)16(21)15-12(2)22-9-6-17-15/h10-13,15,17H,3-9H2,1-2H3/t12-,15+/m1/s1. The molecule has 1 aromatic heterocycles. The number of nitrogens with one attached hydrogen (secondary N) is 1. The van der Waals surface area contributed by atoms with Crippen molar-refractivity contribution in [3.63, 3.8) is 0 Å². The molecule has 1 N–H and O–H groups in total. The van der Waals surface area contributed by atoms with E-state index >= 15 is 0 Å². The molecule has 0 unspecified atom stereocenters. The number of aryl methyl sites for hydroxylation is 1. The molecule has 6 heteroatoms. The molecule has 0 saturated carbocycles. The van der Waals surface area contributed by atoms with Gasteiger partial charge in [0.15, 0.2) is 0 Å². The van der Waals surface area contributed by atoms with E-state index in [1.165, 1.54) is 5.56 Å². The summed E-state index contributed by atoms with van der Waals surface area (Å²) in [5.41, 5.74) is 1.31. The highest BCUT2D eigenvalue weighted by Crippen LogP contribution is 2.28. The second-order valence-electron chi connectivity index (χ2n) is 6.24. The van der Waals surface area contributed by atoms with Gasteiger partial charge in [0, 0.05) is 32.4 Å². The van der Waals surface area contributed by atoms with Crippen molar-refractivity contribution in [3.05, 3.63) is 18.0 Å². The molecule has 1 aromatic rings. The quantitative estimate of drug-likeness (QED) is 0.904. The highest BCUT2D eigenvalue weighted by atomic mass is 16.5. The molecule has 2 atom stereocenters. The van der Waals surface area contributed by atoms with Crippen molar-refractivity contribution < 1.29 is 9.53 Å². The van der Waals surface area contributed by atoms with Crippen molar-refractivity contribution in [2.24, 2.45) is 0 Å². The summed E-state index contributed by atoms with van der Waals surface area (Å²) in [6, 6.07) is -0.187. The van der Waals surface area contributed by atoms with Gasteiger partial charge in [0.05, 0.1) is 18.9 Å². The molecule has 3 heterocycles. The van der Waals surface area contributed by atoms with Crippen LogP contribution in [0.4, 0.5) is 0 Å². The number of aromatic nitrogens is 2. The van der Waals surface area contributed by atoms with Gasteiger partial charge in [0.1, 0.15) is 6.04 Å². The summed E-state index contributed by atoms with van der Waals surface area (Å²) in [7, 11) is 0. The van der Waals surface area contributed by atoms with Crippen LogP contribution in [-0.2, 0) is 16.1 Å². The number of hydrogen-bond acceptors (Lipinski definition) is 4. The summed E-state index contributed by atoms with van der Waals surface area (Å²) < 4.78 is 7.56. The third-order valence-electron chi connectivity index (χ3n) is 4.84. The maximum absolute atomic E-state index is 12.6. The normalized spacial score (nSPS) is 27.1. The highest BCUT2D eigenvalue weighted by molar-refractivity contribution is 5.82. The lowest BCUT2D eigenvalue weighted by molar-refractivity contribution is -0.140. The van der Waals surface area contributed by atoms with Crippen LogP contribution in [0.15, 0.2) is 12.4 Å². The lowest BCUT2D eigenvalue weighted by Crippen LogP contribution is -2.57. The van der Waals surface area contributed by atoms with Crippen LogP contribution in [0.5, 0.6) is 0 Å². The highest BCUT2D eigenvalue weighted by Gasteiger charge is 2.33. The van der Waals surface area contributed by atoms with Gasteiger partial charge in [-0.15, -0.1) is 0 Å². The number of hydrogen-bond donors (Lipinski definition) is 1. The third kappa shape index (κ3) is 3.17. The maximum atomic E-state index is 12.6. The Morgan fingerprint density at radius 2 is 2.23 bits per heavy atom. The van der Waals surface area contributed by atoms with Gasteiger partial charge in [-0.25, -0.2) is 0 Å². The number of likely N-dealkylation sites (tertiary alicyclic amines) is 1. The zero-order valence-electron chi connectivity index (χ0n) is 13.5. The Morgan fingerprint density at radius 3 is 2.86 bits per heavy atom. The van der Waals surface area contributed by atoms with Crippen molar-refractivity contribution in [1.29, 1.82) is 0 Å². The number of morpholine rings is 1. The van der Waals surface area contributed by atoms with E-state index in [1.807, 2.05) is 22.7 Å². The first-order valence-electron chi connectivity index (χ1n) is 8.35. The second kappa shape index (κ2) is 6.79. The van der Waals surface area contributed by atoms with Gasteiger partial charge in [0.25, 0.3) is 0 Å². The van der Waals surface area contributed by atoms with Crippen LogP contribution in [0.25, 0.3) is 0 Å². The van der Waals surface area contributed by atoms with Crippen LogP contribution in [0.2, 0.25) is 0 Å². The van der Waals surface area contributed by atoms with Crippen LogP contribution < -0.4 is 5.32 Å². The minimum atomic E-state index is -0.187. The number of carbonyl (C=O) groups excluding carboxylic acids is 1. The van der Waals surface area contributed by atoms with Crippen LogP contribution in [0.1, 0.15) is 38.2 Å². The molecule has 22 heavy (non-hydrogen) atoms. The molecule has 0 bridgehead atoms. The second-order valence-corrected chi connectivity index (χ2v) is 6.24. The minimum absolute atomic E-state index is 0.0400. The summed E-state index contributed by atoms with van der Waals surface area (Å²) in [6.45, 7) is 8.07. The molecule has 2 fully saturated rings. The number of carbonyl (C=O) groups is 1. The Hall–Kier alpha value is -1.40. The van der Waals surface area contributed by atoms with Crippen molar-refractivity contribution >= 4 is 5.91 Å². The molecule has 2 aliphatic heterocycles. The zero-order valence-corrected chi connectivity index (χ0v) is 13.5. The average Bonchev–Trinajstić information content (AvgIpc) is 3.04. The van der Waals surface area contributed by atoms with Crippen LogP contribution in [-0.4, -0.2) is 59.0 Å². The molecular weight excluding hydrogens is 280 g/mol. The lowest BCUT2D eigenvalue weighted by atomic mass is 9.91. The summed E-state index contributed by atoms with van der Waals surface area (Å²) in [4.78, 5) is 14.6. The predicted molar refractivity (Wildman–Crippen MR) is 83.7 cm³/mol. The number of ether oxygens (including phenoxy) is 1. The predicted octanol–water partition coefficient (Wildman–Crippen LogP) is 0.986. The van der Waals surface area contributed by atoms with Crippen molar-refractivity contribution in [2.75, 3.05) is 26.2 Å². The fourth-order valence-corrected chi connectivity index (χ4v) is 3.40. The molecule has 2 saturated heterocycles. The van der Waals surface area contributed by atoms with Crippen LogP contribution >= 0.6 is 0 Å². The first-order chi connectivity index (χ1) is 10.7. The van der Waals surface area contributed by atoms with Gasteiger partial charge in [-0.3, -0.25) is 9.48 Å². The number of nitrogens with zero attached hydrogens (tertiary/aromatic N) is 3. The fourth-order valence-electron chi connectivity index (χ4n) is 3.40. The summed E-state index contributed by atoms with van der Waals surface area (Å²) in [5, 5.41) is 7.65. The molecule has 2 aliphatic rings. The summed E-state index contributed by atoms with van der Waals surface area (Å²) in [5.74, 6) is 0.715. The number of amides is 1. The van der Waals surface area contributed by atoms with Crippen molar-refractivity contribution in [3.8, 4) is 0 Å². The van der Waals surface area contributed by atoms with E-state index in [2.05, 4.69) is 23.5 Å². The van der Waals surface area contributed by atoms with Crippen LogP contribution in [0, 0.1) is 0 Å². The van der Waals surface area contributed by atoms with Gasteiger partial charge in [-0.1, -0.05) is 0 Å². The van der Waals surface area contributed by atoms with E-state index in [0.29, 0.717) is 12.5 Å². The van der Waals surface area contributed by atoms with Gasteiger partial charge < -0.3 is 15.0 Å². The van der Waals surface area contributed by atoms with Crippen molar-refractivity contribution in [1.82, 2.24) is 20.0 Å². The molecule has 0 spiro atoms. The molecular formula is C16H26N4O2. The average molecular weight is 306 g/mol. The molecule has 0 radical (unpaired) electrons. The Balaban J connectivity index is 1.55. The Kier molecular flexibility index (Phi) is 4.78. The summed E-state index contributed by atoms with van der Waals surface area (Å²) >= 11 is 0. The first-order valence-corrected chi connectivity index (χ1v) is 8.35. The van der Waals surface area contributed by atoms with Gasteiger partial charge in [-0.05, 0) is 38.2 Å². The SMILES string of the molecule is CCn1cc(C2CCN(C(=O)[C@H]3NCCO[C@@H]3C)CC2)cn1. The lowest BCUT2D eigenvalue weighted by Gasteiger charge is -2.37. The molecule has 0 aliphatic carbocycles. The maximum Gasteiger partial charge on any atom is 0.242 e. The van der Waals surface area contributed by atoms with Gasteiger partial charge >= 0.3 is 0 Å². The zero-order chi connectivity index (χ0) is 15.5. The van der Waals surface area contributed by atoms with E-state index in [0.717, 1.165) is 39.0 Å². The van der Waals surface area contributed by atoms with Gasteiger partial charge in [-0.2, -0.15) is 5.10 Å². The molecule has 6 nitrogen and oxygen atoms in total. The number of piperidine rings is 1. The molecule has 3 rings (SSSR count). The monoisotopic (exact) mass is 306 g/mol. The molecule has 122 valence electrons. The van der Waals surface area contributed by atoms with Crippen LogP contribution in [0.3, 0.4) is 0 Å². The molecule has 0 aromatic carbocycles. The van der Waals surface area contributed by atoms with E-state index in [9.17, 15) is 4.79 Å². The minimum Gasteiger partial charge on any atom is -0.375 e. The largest absolute Gasteiger partial charge is 0.375 e. The van der Waals surface area contributed by atoms with Crippen molar-refractivity contribution in [2.45, 2.75) is 51.3 Å². The number of rotatable bonds is 3. The summed E-state index contributed by atoms with van der Waals surface area (Å²) in [6.07, 6.45) is 6.11. The smallest absolute Gasteiger partial charge is 0.242 e. The van der Waals surface area contributed by atoms with E-state index in [1.54, 1.807) is 0 Å². The van der Waals surface area contributed by atoms with E-state index in [-0.39, 0.29) is 18.1 Å². The fraction of sp³-hybridized carbons (Fsp3) is 0.750. The first kappa shape index (κ1) is 15.5. The topological polar surface area (TPSA) is 59.4 Å². The van der Waals surface area contributed by atoms with E-state index in [4.69, 9.17) is 4.74 Å². The Bertz CT molecular complexity index is 508.